The van der Waals surface area contributed by atoms with Gasteiger partial charge in [0.1, 0.15) is 10.8 Å². The Kier molecular flexibility index (Phi) is 3.11. The fourth-order valence-electron chi connectivity index (χ4n) is 2.02. The molecule has 0 aliphatic carbocycles. The van der Waals surface area contributed by atoms with Crippen molar-refractivity contribution in [2.24, 2.45) is 5.92 Å². The Balaban J connectivity index is 2.04. The molecular weight excluding hydrogens is 210 g/mol. The van der Waals surface area contributed by atoms with Gasteiger partial charge in [0.15, 0.2) is 0 Å². The fourth-order valence-corrected chi connectivity index (χ4v) is 2.87. The molecule has 2 N–H and O–H groups in total. The maximum absolute atomic E-state index is 5.75. The molecule has 0 radical (unpaired) electrons. The van der Waals surface area contributed by atoms with Crippen molar-refractivity contribution in [1.29, 1.82) is 0 Å². The number of rotatable bonds is 3. The van der Waals surface area contributed by atoms with Gasteiger partial charge in [0.05, 0.1) is 6.61 Å². The SMILES string of the molecule is COCC1CCN(c2snc(N)c2C)C1. The smallest absolute Gasteiger partial charge is 0.142 e. The Hall–Kier alpha value is -0.810. The van der Waals surface area contributed by atoms with Gasteiger partial charge in [0, 0.05) is 31.7 Å². The van der Waals surface area contributed by atoms with Crippen molar-refractivity contribution in [1.82, 2.24) is 4.37 Å². The van der Waals surface area contributed by atoms with Crippen molar-refractivity contribution >= 4 is 22.4 Å². The summed E-state index contributed by atoms with van der Waals surface area (Å²) in [4.78, 5) is 2.37. The van der Waals surface area contributed by atoms with E-state index in [-0.39, 0.29) is 0 Å². The molecule has 1 unspecified atom stereocenters. The van der Waals surface area contributed by atoms with Crippen LogP contribution in [0.4, 0.5) is 10.8 Å². The average Bonchev–Trinajstić information content (AvgIpc) is 2.77. The molecule has 5 heteroatoms. The van der Waals surface area contributed by atoms with Gasteiger partial charge < -0.3 is 15.4 Å². The first-order valence-corrected chi connectivity index (χ1v) is 5.95. The van der Waals surface area contributed by atoms with Crippen molar-refractivity contribution in [3.63, 3.8) is 0 Å². The zero-order valence-electron chi connectivity index (χ0n) is 9.19. The van der Waals surface area contributed by atoms with Crippen molar-refractivity contribution < 1.29 is 4.74 Å². The van der Waals surface area contributed by atoms with Crippen LogP contribution in [0.5, 0.6) is 0 Å². The Morgan fingerprint density at radius 2 is 2.47 bits per heavy atom. The molecule has 0 aromatic carbocycles. The summed E-state index contributed by atoms with van der Waals surface area (Å²) in [6, 6.07) is 0. The van der Waals surface area contributed by atoms with E-state index in [1.54, 1.807) is 7.11 Å². The van der Waals surface area contributed by atoms with Crippen LogP contribution < -0.4 is 10.6 Å². The quantitative estimate of drug-likeness (QED) is 0.850. The molecule has 1 saturated heterocycles. The highest BCUT2D eigenvalue weighted by Gasteiger charge is 2.25. The van der Waals surface area contributed by atoms with Crippen molar-refractivity contribution in [3.05, 3.63) is 5.56 Å². The van der Waals surface area contributed by atoms with Crippen LogP contribution in [0.1, 0.15) is 12.0 Å². The first kappa shape index (κ1) is 10.7. The highest BCUT2D eigenvalue weighted by molar-refractivity contribution is 7.10. The highest BCUT2D eigenvalue weighted by Crippen LogP contribution is 2.33. The number of hydrogen-bond acceptors (Lipinski definition) is 5. The molecule has 1 aromatic rings. The average molecular weight is 227 g/mol. The molecule has 4 nitrogen and oxygen atoms in total. The van der Waals surface area contributed by atoms with Crippen molar-refractivity contribution in [3.8, 4) is 0 Å². The minimum atomic E-state index is 0.651. The predicted octanol–water partition coefficient (Wildman–Crippen LogP) is 1.51. The molecular formula is C10H17N3OS. The van der Waals surface area contributed by atoms with Gasteiger partial charge in [-0.05, 0) is 24.9 Å². The summed E-state index contributed by atoms with van der Waals surface area (Å²) in [5.74, 6) is 1.32. The molecule has 1 aliphatic heterocycles. The molecule has 0 saturated carbocycles. The van der Waals surface area contributed by atoms with Crippen LogP contribution in [0.15, 0.2) is 0 Å². The van der Waals surface area contributed by atoms with E-state index in [2.05, 4.69) is 9.27 Å². The highest BCUT2D eigenvalue weighted by atomic mass is 32.1. The van der Waals surface area contributed by atoms with Crippen LogP contribution in [0.25, 0.3) is 0 Å². The van der Waals surface area contributed by atoms with E-state index in [1.165, 1.54) is 23.0 Å². The molecule has 84 valence electrons. The molecule has 0 bridgehead atoms. The second-order valence-electron chi connectivity index (χ2n) is 4.05. The molecule has 0 spiro atoms. The van der Waals surface area contributed by atoms with Gasteiger partial charge in [-0.3, -0.25) is 0 Å². The molecule has 1 fully saturated rings. The minimum absolute atomic E-state index is 0.651. The lowest BCUT2D eigenvalue weighted by molar-refractivity contribution is 0.161. The number of hydrogen-bond donors (Lipinski definition) is 1. The summed E-state index contributed by atoms with van der Waals surface area (Å²) in [7, 11) is 1.76. The molecule has 2 heterocycles. The number of nitrogen functional groups attached to an aromatic ring is 1. The first-order chi connectivity index (χ1) is 7.22. The van der Waals surface area contributed by atoms with E-state index in [0.717, 1.165) is 25.3 Å². The lowest BCUT2D eigenvalue weighted by Gasteiger charge is -2.16. The summed E-state index contributed by atoms with van der Waals surface area (Å²) in [5.41, 5.74) is 6.87. The normalized spacial score (nSPS) is 21.2. The van der Waals surface area contributed by atoms with Gasteiger partial charge in [-0.1, -0.05) is 0 Å². The molecule has 0 amide bonds. The summed E-state index contributed by atoms with van der Waals surface area (Å²) >= 11 is 1.50. The van der Waals surface area contributed by atoms with Gasteiger partial charge in [-0.15, -0.1) is 0 Å². The van der Waals surface area contributed by atoms with Gasteiger partial charge in [0.25, 0.3) is 0 Å². The number of nitrogens with zero attached hydrogens (tertiary/aromatic N) is 2. The minimum Gasteiger partial charge on any atom is -0.384 e. The summed E-state index contributed by atoms with van der Waals surface area (Å²) < 4.78 is 9.36. The van der Waals surface area contributed by atoms with Crippen LogP contribution in [-0.4, -0.2) is 31.2 Å². The zero-order chi connectivity index (χ0) is 10.8. The van der Waals surface area contributed by atoms with Crippen LogP contribution in [-0.2, 0) is 4.74 Å². The Labute approximate surface area is 94.2 Å². The summed E-state index contributed by atoms with van der Waals surface area (Å²) in [5, 5.41) is 1.23. The first-order valence-electron chi connectivity index (χ1n) is 5.18. The van der Waals surface area contributed by atoms with E-state index in [4.69, 9.17) is 10.5 Å². The fraction of sp³-hybridized carbons (Fsp3) is 0.700. The molecule has 15 heavy (non-hydrogen) atoms. The number of aromatic nitrogens is 1. The van der Waals surface area contributed by atoms with Crippen LogP contribution in [0.2, 0.25) is 0 Å². The summed E-state index contributed by atoms with van der Waals surface area (Å²) in [6.07, 6.45) is 1.20. The topological polar surface area (TPSA) is 51.4 Å². The predicted molar refractivity (Wildman–Crippen MR) is 63.5 cm³/mol. The van der Waals surface area contributed by atoms with Gasteiger partial charge in [-0.25, -0.2) is 0 Å². The van der Waals surface area contributed by atoms with Gasteiger partial charge >= 0.3 is 0 Å². The second-order valence-corrected chi connectivity index (χ2v) is 4.81. The third-order valence-corrected chi connectivity index (χ3v) is 3.94. The molecule has 2 rings (SSSR count). The lowest BCUT2D eigenvalue weighted by atomic mass is 10.1. The third kappa shape index (κ3) is 2.08. The number of nitrogens with two attached hydrogens (primary N) is 1. The van der Waals surface area contributed by atoms with Gasteiger partial charge in [0.2, 0.25) is 0 Å². The second kappa shape index (κ2) is 4.37. The third-order valence-electron chi connectivity index (χ3n) is 2.91. The number of ether oxygens (including phenoxy) is 1. The van der Waals surface area contributed by atoms with E-state index < -0.39 is 0 Å². The standard InChI is InChI=1S/C10H17N3OS/c1-7-9(11)12-15-10(7)13-4-3-8(5-13)6-14-2/h8H,3-6H2,1-2H3,(H2,11,12). The molecule has 1 atom stereocenters. The Bertz CT molecular complexity index is 339. The van der Waals surface area contributed by atoms with Gasteiger partial charge in [-0.2, -0.15) is 4.37 Å². The largest absolute Gasteiger partial charge is 0.384 e. The Morgan fingerprint density at radius 1 is 1.67 bits per heavy atom. The monoisotopic (exact) mass is 227 g/mol. The van der Waals surface area contributed by atoms with E-state index in [1.807, 2.05) is 6.92 Å². The van der Waals surface area contributed by atoms with Crippen molar-refractivity contribution in [2.45, 2.75) is 13.3 Å². The maximum atomic E-state index is 5.75. The number of methoxy groups -OCH3 is 1. The van der Waals surface area contributed by atoms with Crippen molar-refractivity contribution in [2.75, 3.05) is 37.4 Å². The van der Waals surface area contributed by atoms with E-state index in [9.17, 15) is 0 Å². The van der Waals surface area contributed by atoms with Crippen LogP contribution >= 0.6 is 11.5 Å². The van der Waals surface area contributed by atoms with Crippen LogP contribution in [0, 0.1) is 12.8 Å². The molecule has 1 aliphatic rings. The lowest BCUT2D eigenvalue weighted by Crippen LogP contribution is -2.20. The maximum Gasteiger partial charge on any atom is 0.142 e. The van der Waals surface area contributed by atoms with E-state index >= 15 is 0 Å². The molecule has 1 aromatic heterocycles. The number of anilines is 2. The zero-order valence-corrected chi connectivity index (χ0v) is 10.0. The van der Waals surface area contributed by atoms with E-state index in [0.29, 0.717) is 11.7 Å². The Morgan fingerprint density at radius 3 is 3.07 bits per heavy atom. The summed E-state index contributed by atoms with van der Waals surface area (Å²) in [6.45, 7) is 5.05. The van der Waals surface area contributed by atoms with Crippen LogP contribution in [0.3, 0.4) is 0 Å².